The Hall–Kier alpha value is -3.85. The maximum Gasteiger partial charge on any atom is 0.230 e. The number of aromatic amines is 1. The standard InChI is InChI=1S/C21H16FN5O2S/c22-16-11-14(25-21(30)26-19(28)10-13-4-2-1-3-5-13)6-7-18(16)29-17-8-9-23-20-15(17)12-24-27-20/h1-9,11-12H,10H2,(H,23,24,27)(H2,25,26,28,30). The normalized spacial score (nSPS) is 10.6. The van der Waals surface area contributed by atoms with E-state index in [1.165, 1.54) is 12.1 Å². The molecule has 2 aromatic heterocycles. The lowest BCUT2D eigenvalue weighted by molar-refractivity contribution is -0.119. The van der Waals surface area contributed by atoms with E-state index in [-0.39, 0.29) is 23.2 Å². The minimum absolute atomic E-state index is 0.0354. The van der Waals surface area contributed by atoms with Gasteiger partial charge in [0.15, 0.2) is 22.3 Å². The number of aromatic nitrogens is 3. The zero-order chi connectivity index (χ0) is 20.9. The van der Waals surface area contributed by atoms with Gasteiger partial charge in [-0.2, -0.15) is 5.10 Å². The summed E-state index contributed by atoms with van der Waals surface area (Å²) in [6, 6.07) is 15.2. The van der Waals surface area contributed by atoms with Gasteiger partial charge in [-0.05, 0) is 36.0 Å². The molecule has 0 atom stereocenters. The van der Waals surface area contributed by atoms with Crippen LogP contribution in [0.5, 0.6) is 11.5 Å². The number of pyridine rings is 1. The average molecular weight is 421 g/mol. The molecule has 0 fully saturated rings. The molecule has 1 amide bonds. The minimum atomic E-state index is -0.591. The summed E-state index contributed by atoms with van der Waals surface area (Å²) in [6.07, 6.45) is 3.29. The van der Waals surface area contributed by atoms with Crippen LogP contribution in [0.1, 0.15) is 5.56 Å². The molecule has 3 N–H and O–H groups in total. The number of anilines is 1. The first kappa shape index (κ1) is 19.5. The van der Waals surface area contributed by atoms with Gasteiger partial charge in [-0.3, -0.25) is 9.89 Å². The van der Waals surface area contributed by atoms with Gasteiger partial charge in [0, 0.05) is 18.0 Å². The van der Waals surface area contributed by atoms with Crippen LogP contribution in [0.4, 0.5) is 10.1 Å². The van der Waals surface area contributed by atoms with E-state index in [1.807, 2.05) is 30.3 Å². The fourth-order valence-electron chi connectivity index (χ4n) is 2.81. The highest BCUT2D eigenvalue weighted by Gasteiger charge is 2.11. The molecule has 0 radical (unpaired) electrons. The van der Waals surface area contributed by atoms with Gasteiger partial charge < -0.3 is 15.4 Å². The summed E-state index contributed by atoms with van der Waals surface area (Å²) in [5, 5.41) is 12.7. The largest absolute Gasteiger partial charge is 0.453 e. The van der Waals surface area contributed by atoms with E-state index in [1.54, 1.807) is 24.5 Å². The number of H-pyrrole nitrogens is 1. The van der Waals surface area contributed by atoms with Crippen molar-refractivity contribution in [3.05, 3.63) is 78.4 Å². The SMILES string of the molecule is O=C(Cc1ccccc1)NC(=S)Nc1ccc(Oc2ccnc3[nH]ncc23)c(F)c1. The second-order valence-electron chi connectivity index (χ2n) is 6.35. The molecule has 0 unspecified atom stereocenters. The van der Waals surface area contributed by atoms with Crippen LogP contribution in [-0.2, 0) is 11.2 Å². The van der Waals surface area contributed by atoms with Crippen molar-refractivity contribution in [3.8, 4) is 11.5 Å². The highest BCUT2D eigenvalue weighted by Crippen LogP contribution is 2.30. The van der Waals surface area contributed by atoms with Crippen molar-refractivity contribution in [2.75, 3.05) is 5.32 Å². The number of benzene rings is 2. The number of thiocarbonyl (C=S) groups is 1. The predicted octanol–water partition coefficient (Wildman–Crippen LogP) is 3.95. The van der Waals surface area contributed by atoms with Crippen molar-refractivity contribution in [2.45, 2.75) is 6.42 Å². The summed E-state index contributed by atoms with van der Waals surface area (Å²) >= 11 is 5.14. The first-order chi connectivity index (χ1) is 14.6. The Morgan fingerprint density at radius 2 is 1.97 bits per heavy atom. The van der Waals surface area contributed by atoms with Crippen molar-refractivity contribution in [3.63, 3.8) is 0 Å². The van der Waals surface area contributed by atoms with Gasteiger partial charge in [0.05, 0.1) is 18.0 Å². The Kier molecular flexibility index (Phi) is 5.62. The van der Waals surface area contributed by atoms with E-state index in [4.69, 9.17) is 17.0 Å². The number of halogens is 1. The molecule has 4 rings (SSSR count). The van der Waals surface area contributed by atoms with Crippen LogP contribution in [0, 0.1) is 5.82 Å². The molecule has 2 aromatic carbocycles. The van der Waals surface area contributed by atoms with E-state index >= 15 is 0 Å². The molecule has 0 aliphatic rings. The maximum atomic E-state index is 14.5. The van der Waals surface area contributed by atoms with E-state index in [0.29, 0.717) is 22.5 Å². The second-order valence-corrected chi connectivity index (χ2v) is 6.76. The minimum Gasteiger partial charge on any atom is -0.453 e. The van der Waals surface area contributed by atoms with Crippen LogP contribution < -0.4 is 15.4 Å². The molecule has 0 bridgehead atoms. The van der Waals surface area contributed by atoms with Crippen LogP contribution >= 0.6 is 12.2 Å². The van der Waals surface area contributed by atoms with Gasteiger partial charge in [-0.1, -0.05) is 30.3 Å². The smallest absolute Gasteiger partial charge is 0.230 e. The number of ether oxygens (including phenoxy) is 1. The fraction of sp³-hybridized carbons (Fsp3) is 0.0476. The number of nitrogens with zero attached hydrogens (tertiary/aromatic N) is 2. The topological polar surface area (TPSA) is 91.9 Å². The summed E-state index contributed by atoms with van der Waals surface area (Å²) in [4.78, 5) is 16.2. The molecule has 2 heterocycles. The first-order valence-electron chi connectivity index (χ1n) is 8.99. The summed E-state index contributed by atoms with van der Waals surface area (Å²) in [5.74, 6) is -0.391. The number of nitrogens with one attached hydrogen (secondary N) is 3. The molecule has 0 spiro atoms. The molecule has 4 aromatic rings. The number of hydrogen-bond acceptors (Lipinski definition) is 5. The molecule has 30 heavy (non-hydrogen) atoms. The Morgan fingerprint density at radius 3 is 2.77 bits per heavy atom. The number of fused-ring (bicyclic) bond motifs is 1. The van der Waals surface area contributed by atoms with Gasteiger partial charge in [0.2, 0.25) is 5.91 Å². The van der Waals surface area contributed by atoms with Crippen LogP contribution in [0.25, 0.3) is 11.0 Å². The third-order valence-electron chi connectivity index (χ3n) is 4.18. The molecular weight excluding hydrogens is 405 g/mol. The zero-order valence-corrected chi connectivity index (χ0v) is 16.4. The number of hydrogen-bond donors (Lipinski definition) is 3. The molecule has 0 saturated heterocycles. The van der Waals surface area contributed by atoms with Gasteiger partial charge in [-0.15, -0.1) is 0 Å². The summed E-state index contributed by atoms with van der Waals surface area (Å²) in [7, 11) is 0. The van der Waals surface area contributed by atoms with Gasteiger partial charge in [-0.25, -0.2) is 9.37 Å². The predicted molar refractivity (Wildman–Crippen MR) is 115 cm³/mol. The summed E-state index contributed by atoms with van der Waals surface area (Å²) in [6.45, 7) is 0. The van der Waals surface area contributed by atoms with E-state index in [0.717, 1.165) is 5.56 Å². The van der Waals surface area contributed by atoms with E-state index < -0.39 is 5.82 Å². The average Bonchev–Trinajstić information content (AvgIpc) is 3.20. The van der Waals surface area contributed by atoms with Gasteiger partial charge in [0.1, 0.15) is 5.75 Å². The molecule has 0 saturated carbocycles. The van der Waals surface area contributed by atoms with E-state index in [2.05, 4.69) is 25.8 Å². The quantitative estimate of drug-likeness (QED) is 0.423. The van der Waals surface area contributed by atoms with Crippen LogP contribution in [-0.4, -0.2) is 26.2 Å². The van der Waals surface area contributed by atoms with Gasteiger partial charge >= 0.3 is 0 Å². The highest BCUT2D eigenvalue weighted by atomic mass is 32.1. The third-order valence-corrected chi connectivity index (χ3v) is 4.39. The Morgan fingerprint density at radius 1 is 1.13 bits per heavy atom. The Labute approximate surface area is 176 Å². The van der Waals surface area contributed by atoms with Crippen LogP contribution in [0.2, 0.25) is 0 Å². The maximum absolute atomic E-state index is 14.5. The lowest BCUT2D eigenvalue weighted by Crippen LogP contribution is -2.35. The van der Waals surface area contributed by atoms with E-state index in [9.17, 15) is 9.18 Å². The molecular formula is C21H16FN5O2S. The van der Waals surface area contributed by atoms with Crippen molar-refractivity contribution in [1.82, 2.24) is 20.5 Å². The number of amides is 1. The Bertz CT molecular complexity index is 1210. The summed E-state index contributed by atoms with van der Waals surface area (Å²) < 4.78 is 20.2. The number of carbonyl (C=O) groups excluding carboxylic acids is 1. The fourth-order valence-corrected chi connectivity index (χ4v) is 3.04. The highest BCUT2D eigenvalue weighted by molar-refractivity contribution is 7.80. The molecule has 7 nitrogen and oxygen atoms in total. The second kappa shape index (κ2) is 8.66. The first-order valence-corrected chi connectivity index (χ1v) is 9.39. The zero-order valence-electron chi connectivity index (χ0n) is 15.6. The lowest BCUT2D eigenvalue weighted by atomic mass is 10.1. The van der Waals surface area contributed by atoms with Crippen molar-refractivity contribution >= 4 is 40.0 Å². The third kappa shape index (κ3) is 4.58. The summed E-state index contributed by atoms with van der Waals surface area (Å²) in [5.41, 5.74) is 1.80. The van der Waals surface area contributed by atoms with Gasteiger partial charge in [0.25, 0.3) is 0 Å². The Balaban J connectivity index is 1.39. The van der Waals surface area contributed by atoms with Crippen LogP contribution in [0.15, 0.2) is 67.0 Å². The molecule has 0 aliphatic carbocycles. The van der Waals surface area contributed by atoms with Crippen molar-refractivity contribution in [2.24, 2.45) is 0 Å². The monoisotopic (exact) mass is 421 g/mol. The molecule has 150 valence electrons. The van der Waals surface area contributed by atoms with Crippen molar-refractivity contribution < 1.29 is 13.9 Å². The molecule has 0 aliphatic heterocycles. The lowest BCUT2D eigenvalue weighted by Gasteiger charge is -2.12. The van der Waals surface area contributed by atoms with Crippen molar-refractivity contribution in [1.29, 1.82) is 0 Å². The molecule has 9 heteroatoms. The number of rotatable bonds is 5. The van der Waals surface area contributed by atoms with Crippen LogP contribution in [0.3, 0.4) is 0 Å². The number of carbonyl (C=O) groups is 1.